The predicted molar refractivity (Wildman–Crippen MR) is 78.3 cm³/mol. The second kappa shape index (κ2) is 4.54. The molecule has 0 amide bonds. The van der Waals surface area contributed by atoms with Crippen molar-refractivity contribution in [2.75, 3.05) is 0 Å². The van der Waals surface area contributed by atoms with E-state index in [9.17, 15) is 4.79 Å². The van der Waals surface area contributed by atoms with Crippen LogP contribution in [0.15, 0.2) is 36.5 Å². The SMILES string of the molecule is O=C(C=CC12CC3CC(CC(C3)C1)C2)c1ccccn1. The fourth-order valence-electron chi connectivity index (χ4n) is 5.23. The molecular weight excluding hydrogens is 246 g/mol. The minimum atomic E-state index is 0.0568. The van der Waals surface area contributed by atoms with Gasteiger partial charge in [0.2, 0.25) is 5.78 Å². The third-order valence-corrected chi connectivity index (χ3v) is 5.59. The zero-order valence-corrected chi connectivity index (χ0v) is 11.8. The van der Waals surface area contributed by atoms with E-state index in [0.717, 1.165) is 17.8 Å². The quantitative estimate of drug-likeness (QED) is 0.611. The van der Waals surface area contributed by atoms with E-state index in [1.54, 1.807) is 18.3 Å². The summed E-state index contributed by atoms with van der Waals surface area (Å²) in [6.45, 7) is 0. The Morgan fingerprint density at radius 3 is 2.30 bits per heavy atom. The Labute approximate surface area is 120 Å². The Hall–Kier alpha value is -1.44. The van der Waals surface area contributed by atoms with Crippen molar-refractivity contribution < 1.29 is 4.79 Å². The number of carbonyl (C=O) groups excluding carboxylic acids is 1. The van der Waals surface area contributed by atoms with E-state index in [4.69, 9.17) is 0 Å². The van der Waals surface area contributed by atoms with Gasteiger partial charge in [0.25, 0.3) is 0 Å². The number of pyridine rings is 1. The van der Waals surface area contributed by atoms with Crippen LogP contribution in [0.4, 0.5) is 0 Å². The van der Waals surface area contributed by atoms with Gasteiger partial charge in [0.15, 0.2) is 0 Å². The van der Waals surface area contributed by atoms with Gasteiger partial charge in [-0.05, 0) is 79.9 Å². The standard InChI is InChI=1S/C18H21NO/c20-17(16-3-1-2-6-19-16)4-5-18-10-13-7-14(11-18)9-15(8-13)12-18/h1-6,13-15H,7-12H2. The van der Waals surface area contributed by atoms with Crippen molar-refractivity contribution >= 4 is 5.78 Å². The molecule has 0 aliphatic heterocycles. The number of carbonyl (C=O) groups is 1. The maximum absolute atomic E-state index is 12.2. The summed E-state index contributed by atoms with van der Waals surface area (Å²) in [6, 6.07) is 5.52. The van der Waals surface area contributed by atoms with Crippen LogP contribution in [0.1, 0.15) is 49.0 Å². The topological polar surface area (TPSA) is 30.0 Å². The summed E-state index contributed by atoms with van der Waals surface area (Å²) in [7, 11) is 0. The van der Waals surface area contributed by atoms with Crippen molar-refractivity contribution in [3.8, 4) is 0 Å². The molecule has 1 aromatic heterocycles. The van der Waals surface area contributed by atoms with Crippen molar-refractivity contribution in [2.45, 2.75) is 38.5 Å². The van der Waals surface area contributed by atoms with Gasteiger partial charge in [-0.3, -0.25) is 9.78 Å². The fourth-order valence-corrected chi connectivity index (χ4v) is 5.23. The Kier molecular flexibility index (Phi) is 2.80. The average molecular weight is 267 g/mol. The third-order valence-electron chi connectivity index (χ3n) is 5.59. The highest BCUT2D eigenvalue weighted by Crippen LogP contribution is 2.60. The van der Waals surface area contributed by atoms with Crippen LogP contribution in [0.25, 0.3) is 0 Å². The van der Waals surface area contributed by atoms with E-state index in [0.29, 0.717) is 11.1 Å². The molecule has 0 aromatic carbocycles. The first-order chi connectivity index (χ1) is 9.72. The smallest absolute Gasteiger partial charge is 0.203 e. The van der Waals surface area contributed by atoms with Crippen molar-refractivity contribution in [1.82, 2.24) is 4.98 Å². The summed E-state index contributed by atoms with van der Waals surface area (Å²) in [4.78, 5) is 16.3. The van der Waals surface area contributed by atoms with Gasteiger partial charge in [0.1, 0.15) is 5.69 Å². The first-order valence-corrected chi connectivity index (χ1v) is 7.87. The molecule has 0 N–H and O–H groups in total. The largest absolute Gasteiger partial charge is 0.288 e. The van der Waals surface area contributed by atoms with Crippen molar-refractivity contribution in [3.05, 3.63) is 42.2 Å². The van der Waals surface area contributed by atoms with Crippen LogP contribution >= 0.6 is 0 Å². The molecule has 0 spiro atoms. The number of hydrogen-bond acceptors (Lipinski definition) is 2. The maximum atomic E-state index is 12.2. The zero-order valence-electron chi connectivity index (χ0n) is 11.8. The van der Waals surface area contributed by atoms with E-state index < -0.39 is 0 Å². The molecule has 5 rings (SSSR count). The van der Waals surface area contributed by atoms with Crippen LogP contribution in [0.3, 0.4) is 0 Å². The van der Waals surface area contributed by atoms with Gasteiger partial charge in [0.05, 0.1) is 0 Å². The van der Waals surface area contributed by atoms with E-state index >= 15 is 0 Å². The number of rotatable bonds is 3. The molecule has 0 radical (unpaired) electrons. The lowest BCUT2D eigenvalue weighted by Gasteiger charge is -2.55. The Morgan fingerprint density at radius 2 is 1.75 bits per heavy atom. The van der Waals surface area contributed by atoms with Gasteiger partial charge in [-0.15, -0.1) is 0 Å². The predicted octanol–water partition coefficient (Wildman–Crippen LogP) is 4.04. The van der Waals surface area contributed by atoms with E-state index in [2.05, 4.69) is 11.1 Å². The molecule has 104 valence electrons. The van der Waals surface area contributed by atoms with Crippen molar-refractivity contribution in [1.29, 1.82) is 0 Å². The maximum Gasteiger partial charge on any atom is 0.203 e. The van der Waals surface area contributed by atoms with Gasteiger partial charge < -0.3 is 0 Å². The fraction of sp³-hybridized carbons (Fsp3) is 0.556. The van der Waals surface area contributed by atoms with Gasteiger partial charge >= 0.3 is 0 Å². The van der Waals surface area contributed by atoms with E-state index in [1.807, 2.05) is 12.1 Å². The molecule has 4 fully saturated rings. The number of hydrogen-bond donors (Lipinski definition) is 0. The summed E-state index contributed by atoms with van der Waals surface area (Å²) in [5.74, 6) is 2.84. The van der Waals surface area contributed by atoms with Crippen LogP contribution in [0.2, 0.25) is 0 Å². The minimum Gasteiger partial charge on any atom is -0.288 e. The van der Waals surface area contributed by atoms with Crippen LogP contribution < -0.4 is 0 Å². The first-order valence-electron chi connectivity index (χ1n) is 7.87. The van der Waals surface area contributed by atoms with Gasteiger partial charge in [-0.25, -0.2) is 0 Å². The molecular formula is C18H21NO. The third kappa shape index (κ3) is 2.11. The molecule has 4 bridgehead atoms. The molecule has 20 heavy (non-hydrogen) atoms. The van der Waals surface area contributed by atoms with Gasteiger partial charge in [-0.2, -0.15) is 0 Å². The lowest BCUT2D eigenvalue weighted by molar-refractivity contribution is -0.0238. The lowest BCUT2D eigenvalue weighted by Crippen LogP contribution is -2.45. The zero-order chi connectivity index (χ0) is 13.6. The number of aromatic nitrogens is 1. The number of ketones is 1. The normalized spacial score (nSPS) is 38.5. The van der Waals surface area contributed by atoms with E-state index in [-0.39, 0.29) is 5.78 Å². The number of allylic oxidation sites excluding steroid dienone is 2. The summed E-state index contributed by atoms with van der Waals surface area (Å²) >= 11 is 0. The minimum absolute atomic E-state index is 0.0568. The van der Waals surface area contributed by atoms with Crippen molar-refractivity contribution in [2.24, 2.45) is 23.2 Å². The highest BCUT2D eigenvalue weighted by atomic mass is 16.1. The Balaban J connectivity index is 1.54. The molecule has 4 aliphatic rings. The number of nitrogens with zero attached hydrogens (tertiary/aromatic N) is 1. The van der Waals surface area contributed by atoms with Crippen LogP contribution in [-0.4, -0.2) is 10.8 Å². The first kappa shape index (κ1) is 12.3. The molecule has 0 unspecified atom stereocenters. The Bertz CT molecular complexity index is 511. The van der Waals surface area contributed by atoms with Crippen LogP contribution in [0.5, 0.6) is 0 Å². The van der Waals surface area contributed by atoms with Gasteiger partial charge in [0, 0.05) is 6.20 Å². The summed E-state index contributed by atoms with van der Waals surface area (Å²) in [5, 5.41) is 0. The van der Waals surface area contributed by atoms with Gasteiger partial charge in [-0.1, -0.05) is 12.1 Å². The molecule has 4 aliphatic carbocycles. The summed E-state index contributed by atoms with van der Waals surface area (Å²) in [5.41, 5.74) is 0.896. The van der Waals surface area contributed by atoms with Crippen LogP contribution in [0, 0.1) is 23.2 Å². The second-order valence-corrected chi connectivity index (χ2v) is 7.19. The lowest BCUT2D eigenvalue weighted by atomic mass is 9.49. The van der Waals surface area contributed by atoms with Crippen LogP contribution in [-0.2, 0) is 0 Å². The average Bonchev–Trinajstić information content (AvgIpc) is 2.44. The molecule has 0 atom stereocenters. The molecule has 0 saturated heterocycles. The highest BCUT2D eigenvalue weighted by molar-refractivity contribution is 6.02. The van der Waals surface area contributed by atoms with E-state index in [1.165, 1.54) is 38.5 Å². The molecule has 4 saturated carbocycles. The molecule has 2 nitrogen and oxygen atoms in total. The van der Waals surface area contributed by atoms with Crippen molar-refractivity contribution in [3.63, 3.8) is 0 Å². The summed E-state index contributed by atoms with van der Waals surface area (Å²) in [6.07, 6.45) is 14.0. The monoisotopic (exact) mass is 267 g/mol. The molecule has 1 aromatic rings. The molecule has 2 heteroatoms. The summed E-state index contributed by atoms with van der Waals surface area (Å²) < 4.78 is 0. The second-order valence-electron chi connectivity index (χ2n) is 7.19. The molecule has 1 heterocycles. The Morgan fingerprint density at radius 1 is 1.10 bits per heavy atom. The highest BCUT2D eigenvalue weighted by Gasteiger charge is 2.49.